The summed E-state index contributed by atoms with van der Waals surface area (Å²) in [7, 11) is 3.27. The molecule has 0 spiro atoms. The third-order valence-corrected chi connectivity index (χ3v) is 6.74. The van der Waals surface area contributed by atoms with Crippen LogP contribution in [0, 0.1) is 13.8 Å². The fraction of sp³-hybridized carbons (Fsp3) is 0.160. The average Bonchev–Trinajstić information content (AvgIpc) is 3.26. The molecule has 0 saturated carbocycles. The number of anilines is 1. The number of methoxy groups -OCH3 is 2. The van der Waals surface area contributed by atoms with E-state index in [0.29, 0.717) is 22.2 Å². The SMILES string of the molecule is COc1ccc(Sc2cc(C)c(-c3csc(NC(=O)c4ccncc4)n3)c(C)c2)cc1OC. The molecule has 0 atom stereocenters. The highest BCUT2D eigenvalue weighted by molar-refractivity contribution is 7.99. The Morgan fingerprint density at radius 2 is 1.64 bits per heavy atom. The summed E-state index contributed by atoms with van der Waals surface area (Å²) < 4.78 is 10.7. The van der Waals surface area contributed by atoms with E-state index in [1.165, 1.54) is 11.3 Å². The van der Waals surface area contributed by atoms with Gasteiger partial charge in [-0.15, -0.1) is 11.3 Å². The van der Waals surface area contributed by atoms with Crippen LogP contribution in [0.3, 0.4) is 0 Å². The maximum atomic E-state index is 12.4. The van der Waals surface area contributed by atoms with Gasteiger partial charge < -0.3 is 9.47 Å². The second kappa shape index (κ2) is 10.1. The first kappa shape index (κ1) is 22.8. The number of rotatable bonds is 7. The number of nitrogens with zero attached hydrogens (tertiary/aromatic N) is 2. The third-order valence-electron chi connectivity index (χ3n) is 5.02. The molecule has 1 amide bonds. The van der Waals surface area contributed by atoms with Gasteiger partial charge in [-0.3, -0.25) is 15.1 Å². The smallest absolute Gasteiger partial charge is 0.257 e. The minimum absolute atomic E-state index is 0.201. The molecule has 33 heavy (non-hydrogen) atoms. The lowest BCUT2D eigenvalue weighted by molar-refractivity contribution is 0.102. The molecule has 0 aliphatic carbocycles. The monoisotopic (exact) mass is 477 g/mol. The van der Waals surface area contributed by atoms with Crippen molar-refractivity contribution in [3.05, 3.63) is 76.9 Å². The Hall–Kier alpha value is -3.36. The topological polar surface area (TPSA) is 73.3 Å². The van der Waals surface area contributed by atoms with Crippen molar-refractivity contribution in [2.75, 3.05) is 19.5 Å². The fourth-order valence-electron chi connectivity index (χ4n) is 3.52. The molecule has 0 unspecified atom stereocenters. The van der Waals surface area contributed by atoms with Crippen LogP contribution in [0.4, 0.5) is 5.13 Å². The highest BCUT2D eigenvalue weighted by Gasteiger charge is 2.14. The number of pyridine rings is 1. The van der Waals surface area contributed by atoms with Crippen molar-refractivity contribution in [2.45, 2.75) is 23.6 Å². The van der Waals surface area contributed by atoms with Crippen molar-refractivity contribution in [1.82, 2.24) is 9.97 Å². The van der Waals surface area contributed by atoms with E-state index in [0.717, 1.165) is 32.2 Å². The molecule has 2 aromatic heterocycles. The van der Waals surface area contributed by atoms with Gasteiger partial charge in [0.2, 0.25) is 0 Å². The van der Waals surface area contributed by atoms with Crippen LogP contribution in [0.5, 0.6) is 11.5 Å². The summed E-state index contributed by atoms with van der Waals surface area (Å²) in [5.41, 5.74) is 4.71. The van der Waals surface area contributed by atoms with Crippen LogP contribution in [0.15, 0.2) is 70.0 Å². The number of carbonyl (C=O) groups is 1. The van der Waals surface area contributed by atoms with Crippen LogP contribution in [0.2, 0.25) is 0 Å². The first-order valence-corrected chi connectivity index (χ1v) is 11.9. The average molecular weight is 478 g/mol. The van der Waals surface area contributed by atoms with Gasteiger partial charge in [-0.25, -0.2) is 4.98 Å². The Labute approximate surface area is 201 Å². The zero-order valence-electron chi connectivity index (χ0n) is 18.7. The largest absolute Gasteiger partial charge is 0.493 e. The number of aromatic nitrogens is 2. The Morgan fingerprint density at radius 1 is 0.939 bits per heavy atom. The molecule has 1 N–H and O–H groups in total. The molecule has 0 fully saturated rings. The predicted molar refractivity (Wildman–Crippen MR) is 133 cm³/mol. The van der Waals surface area contributed by atoms with Gasteiger partial charge in [0, 0.05) is 38.7 Å². The van der Waals surface area contributed by atoms with Crippen LogP contribution in [0.1, 0.15) is 21.5 Å². The fourth-order valence-corrected chi connectivity index (χ4v) is 5.26. The molecule has 168 valence electrons. The Balaban J connectivity index is 1.54. The second-order valence-electron chi connectivity index (χ2n) is 7.28. The molecule has 2 heterocycles. The quantitative estimate of drug-likeness (QED) is 0.339. The molecule has 0 radical (unpaired) electrons. The zero-order chi connectivity index (χ0) is 23.4. The van der Waals surface area contributed by atoms with E-state index < -0.39 is 0 Å². The van der Waals surface area contributed by atoms with E-state index in [9.17, 15) is 4.79 Å². The summed E-state index contributed by atoms with van der Waals surface area (Å²) in [6, 6.07) is 13.5. The number of hydrogen-bond acceptors (Lipinski definition) is 7. The van der Waals surface area contributed by atoms with Crippen molar-refractivity contribution >= 4 is 34.1 Å². The first-order chi connectivity index (χ1) is 16.0. The van der Waals surface area contributed by atoms with Crippen LogP contribution in [-0.2, 0) is 0 Å². The van der Waals surface area contributed by atoms with Crippen molar-refractivity contribution in [2.24, 2.45) is 0 Å². The summed E-state index contributed by atoms with van der Waals surface area (Å²) in [5.74, 6) is 1.21. The lowest BCUT2D eigenvalue weighted by Crippen LogP contribution is -2.11. The number of aryl methyl sites for hydroxylation is 2. The molecular weight excluding hydrogens is 454 g/mol. The van der Waals surface area contributed by atoms with E-state index in [-0.39, 0.29) is 5.91 Å². The van der Waals surface area contributed by atoms with Crippen LogP contribution in [0.25, 0.3) is 11.3 Å². The van der Waals surface area contributed by atoms with Crippen molar-refractivity contribution in [3.63, 3.8) is 0 Å². The van der Waals surface area contributed by atoms with E-state index in [1.807, 2.05) is 23.6 Å². The number of ether oxygens (including phenoxy) is 2. The van der Waals surface area contributed by atoms with Crippen molar-refractivity contribution in [3.8, 4) is 22.8 Å². The maximum Gasteiger partial charge on any atom is 0.257 e. The van der Waals surface area contributed by atoms with Gasteiger partial charge in [0.15, 0.2) is 16.6 Å². The normalized spacial score (nSPS) is 10.7. The molecule has 8 heteroatoms. The van der Waals surface area contributed by atoms with E-state index >= 15 is 0 Å². The van der Waals surface area contributed by atoms with Crippen molar-refractivity contribution < 1.29 is 14.3 Å². The van der Waals surface area contributed by atoms with Gasteiger partial charge in [-0.2, -0.15) is 0 Å². The standard InChI is InChI=1S/C25H23N3O3S2/c1-15-11-19(33-18-5-6-21(30-3)22(13-18)31-4)12-16(2)23(15)20-14-32-25(27-20)28-24(29)17-7-9-26-10-8-17/h5-14H,1-4H3,(H,27,28,29). The molecule has 2 aromatic carbocycles. The second-order valence-corrected chi connectivity index (χ2v) is 9.28. The molecular formula is C25H23N3O3S2. The molecule has 4 aromatic rings. The molecule has 0 saturated heterocycles. The van der Waals surface area contributed by atoms with Crippen LogP contribution in [-0.4, -0.2) is 30.1 Å². The molecule has 4 rings (SSSR count). The Kier molecular flexibility index (Phi) is 6.96. The van der Waals surface area contributed by atoms with Gasteiger partial charge in [0.05, 0.1) is 19.9 Å². The number of amides is 1. The Bertz CT molecular complexity index is 1270. The summed E-state index contributed by atoms with van der Waals surface area (Å²) >= 11 is 3.07. The van der Waals surface area contributed by atoms with Gasteiger partial charge >= 0.3 is 0 Å². The van der Waals surface area contributed by atoms with Crippen molar-refractivity contribution in [1.29, 1.82) is 0 Å². The summed E-state index contributed by atoms with van der Waals surface area (Å²) in [6.45, 7) is 4.16. The maximum absolute atomic E-state index is 12.4. The summed E-state index contributed by atoms with van der Waals surface area (Å²) in [4.78, 5) is 23.2. The highest BCUT2D eigenvalue weighted by atomic mass is 32.2. The minimum atomic E-state index is -0.201. The van der Waals surface area contributed by atoms with E-state index in [4.69, 9.17) is 9.47 Å². The van der Waals surface area contributed by atoms with Gasteiger partial charge in [-0.1, -0.05) is 11.8 Å². The molecule has 0 bridgehead atoms. The first-order valence-electron chi connectivity index (χ1n) is 10.2. The highest BCUT2D eigenvalue weighted by Crippen LogP contribution is 2.38. The van der Waals surface area contributed by atoms with Crippen LogP contribution < -0.4 is 14.8 Å². The van der Waals surface area contributed by atoms with Gasteiger partial charge in [-0.05, 0) is 67.4 Å². The summed E-state index contributed by atoms with van der Waals surface area (Å²) in [6.07, 6.45) is 3.19. The summed E-state index contributed by atoms with van der Waals surface area (Å²) in [5, 5.41) is 5.40. The lowest BCUT2D eigenvalue weighted by Gasteiger charge is -2.12. The number of nitrogens with one attached hydrogen (secondary N) is 1. The number of benzene rings is 2. The van der Waals surface area contributed by atoms with E-state index in [2.05, 4.69) is 41.3 Å². The number of carbonyl (C=O) groups excluding carboxylic acids is 1. The number of thiazole rings is 1. The lowest BCUT2D eigenvalue weighted by atomic mass is 10.0. The van der Waals surface area contributed by atoms with E-state index in [1.54, 1.807) is 50.5 Å². The molecule has 0 aliphatic heterocycles. The van der Waals surface area contributed by atoms with Gasteiger partial charge in [0.25, 0.3) is 5.91 Å². The number of hydrogen-bond donors (Lipinski definition) is 1. The minimum Gasteiger partial charge on any atom is -0.493 e. The predicted octanol–water partition coefficient (Wildman–Crippen LogP) is 6.24. The van der Waals surface area contributed by atoms with Crippen LogP contribution >= 0.6 is 23.1 Å². The molecule has 6 nitrogen and oxygen atoms in total. The zero-order valence-corrected chi connectivity index (χ0v) is 20.3. The van der Waals surface area contributed by atoms with Gasteiger partial charge in [0.1, 0.15) is 0 Å². The molecule has 0 aliphatic rings. The Morgan fingerprint density at radius 3 is 2.30 bits per heavy atom. The third kappa shape index (κ3) is 5.18.